The van der Waals surface area contributed by atoms with E-state index in [1.54, 1.807) is 11.3 Å². The van der Waals surface area contributed by atoms with Gasteiger partial charge in [0.25, 0.3) is 0 Å². The van der Waals surface area contributed by atoms with Crippen molar-refractivity contribution in [3.8, 4) is 0 Å². The number of rotatable bonds is 4. The summed E-state index contributed by atoms with van der Waals surface area (Å²) in [5.41, 5.74) is 1.41. The molecule has 0 aromatic carbocycles. The van der Waals surface area contributed by atoms with Crippen molar-refractivity contribution in [2.24, 2.45) is 0 Å². The van der Waals surface area contributed by atoms with E-state index in [0.29, 0.717) is 12.6 Å². The Kier molecular flexibility index (Phi) is 3.29. The number of aromatic nitrogens is 2. The lowest BCUT2D eigenvalue weighted by molar-refractivity contribution is -0.119. The molecule has 0 saturated heterocycles. The van der Waals surface area contributed by atoms with Crippen LogP contribution in [0.25, 0.3) is 10.2 Å². The second kappa shape index (κ2) is 5.19. The Morgan fingerprint density at radius 3 is 2.95 bits per heavy atom. The number of thiophene rings is 1. The summed E-state index contributed by atoms with van der Waals surface area (Å²) in [5.74, 6) is 1.77. The minimum atomic E-state index is 0.0845. The summed E-state index contributed by atoms with van der Waals surface area (Å²) >= 11 is 1.79. The van der Waals surface area contributed by atoms with Crippen molar-refractivity contribution < 1.29 is 4.79 Å². The van der Waals surface area contributed by atoms with Crippen LogP contribution < -0.4 is 10.2 Å². The van der Waals surface area contributed by atoms with Crippen molar-refractivity contribution >= 4 is 33.3 Å². The van der Waals surface area contributed by atoms with Gasteiger partial charge in [-0.15, -0.1) is 11.3 Å². The van der Waals surface area contributed by atoms with Gasteiger partial charge in [-0.1, -0.05) is 0 Å². The molecule has 2 aliphatic rings. The standard InChI is InChI=1S/C16H20N4OS/c1-9-17-15(20(2)8-13(21)19-10-6-7-10)14-11-4-3-5-12(11)22-16(14)18-9/h10H,3-8H2,1-2H3,(H,19,21). The average molecular weight is 316 g/mol. The molecule has 2 heterocycles. The molecule has 4 rings (SSSR count). The Hall–Kier alpha value is -1.69. The monoisotopic (exact) mass is 316 g/mol. The molecule has 0 spiro atoms. The van der Waals surface area contributed by atoms with Crippen LogP contribution in [0.1, 0.15) is 35.5 Å². The third-order valence-electron chi connectivity index (χ3n) is 4.34. The first-order valence-electron chi connectivity index (χ1n) is 7.91. The molecule has 0 unspecified atom stereocenters. The maximum atomic E-state index is 12.1. The molecular weight excluding hydrogens is 296 g/mol. The molecule has 0 radical (unpaired) electrons. The first kappa shape index (κ1) is 13.9. The zero-order valence-corrected chi connectivity index (χ0v) is 13.8. The maximum Gasteiger partial charge on any atom is 0.239 e. The van der Waals surface area contributed by atoms with Crippen LogP contribution in [0.3, 0.4) is 0 Å². The SMILES string of the molecule is Cc1nc(N(C)CC(=O)NC2CC2)c2c3c(sc2n1)CCC3. The lowest BCUT2D eigenvalue weighted by atomic mass is 10.2. The van der Waals surface area contributed by atoms with Gasteiger partial charge in [-0.25, -0.2) is 9.97 Å². The summed E-state index contributed by atoms with van der Waals surface area (Å²) in [6, 6.07) is 0.401. The molecule has 1 saturated carbocycles. The van der Waals surface area contributed by atoms with Gasteiger partial charge in [-0.3, -0.25) is 4.79 Å². The van der Waals surface area contributed by atoms with Gasteiger partial charge in [0, 0.05) is 18.0 Å². The van der Waals surface area contributed by atoms with E-state index in [9.17, 15) is 4.79 Å². The average Bonchev–Trinajstić information content (AvgIpc) is 3.03. The number of nitrogens with one attached hydrogen (secondary N) is 1. The van der Waals surface area contributed by atoms with Gasteiger partial charge in [-0.05, 0) is 44.6 Å². The number of anilines is 1. The molecule has 1 amide bonds. The normalized spacial score (nSPS) is 16.8. The molecule has 116 valence electrons. The molecule has 1 fully saturated rings. The maximum absolute atomic E-state index is 12.1. The third kappa shape index (κ3) is 2.45. The number of fused-ring (bicyclic) bond motifs is 3. The number of nitrogens with zero attached hydrogens (tertiary/aromatic N) is 3. The molecule has 0 bridgehead atoms. The zero-order chi connectivity index (χ0) is 15.3. The van der Waals surface area contributed by atoms with Gasteiger partial charge >= 0.3 is 0 Å². The van der Waals surface area contributed by atoms with Crippen molar-refractivity contribution in [2.45, 2.75) is 45.1 Å². The molecule has 6 heteroatoms. The van der Waals surface area contributed by atoms with E-state index in [-0.39, 0.29) is 5.91 Å². The Morgan fingerprint density at radius 1 is 1.36 bits per heavy atom. The lowest BCUT2D eigenvalue weighted by Crippen LogP contribution is -2.36. The summed E-state index contributed by atoms with van der Waals surface area (Å²) in [6.45, 7) is 2.28. The van der Waals surface area contributed by atoms with Crippen molar-refractivity contribution in [1.29, 1.82) is 0 Å². The third-order valence-corrected chi connectivity index (χ3v) is 5.53. The van der Waals surface area contributed by atoms with Crippen molar-refractivity contribution in [1.82, 2.24) is 15.3 Å². The number of amides is 1. The molecule has 2 aliphatic carbocycles. The summed E-state index contributed by atoms with van der Waals surface area (Å²) < 4.78 is 0. The summed E-state index contributed by atoms with van der Waals surface area (Å²) in [4.78, 5) is 25.8. The molecule has 5 nitrogen and oxygen atoms in total. The fourth-order valence-electron chi connectivity index (χ4n) is 3.15. The summed E-state index contributed by atoms with van der Waals surface area (Å²) in [6.07, 6.45) is 5.71. The van der Waals surface area contributed by atoms with Crippen LogP contribution in [0.2, 0.25) is 0 Å². The largest absolute Gasteiger partial charge is 0.352 e. The first-order valence-corrected chi connectivity index (χ1v) is 8.73. The fourth-order valence-corrected chi connectivity index (χ4v) is 4.45. The van der Waals surface area contributed by atoms with Gasteiger partial charge in [0.2, 0.25) is 5.91 Å². The van der Waals surface area contributed by atoms with Crippen LogP contribution in [0.4, 0.5) is 5.82 Å². The second-order valence-electron chi connectivity index (χ2n) is 6.33. The number of carbonyl (C=O) groups excluding carboxylic acids is 1. The molecule has 1 N–H and O–H groups in total. The minimum absolute atomic E-state index is 0.0845. The number of hydrogen-bond acceptors (Lipinski definition) is 5. The number of carbonyl (C=O) groups is 1. The van der Waals surface area contributed by atoms with Crippen molar-refractivity contribution in [2.75, 3.05) is 18.5 Å². The molecule has 0 atom stereocenters. The summed E-state index contributed by atoms with van der Waals surface area (Å²) in [5, 5.41) is 4.21. The first-order chi connectivity index (χ1) is 10.6. The highest BCUT2D eigenvalue weighted by Crippen LogP contribution is 2.40. The highest BCUT2D eigenvalue weighted by molar-refractivity contribution is 7.19. The zero-order valence-electron chi connectivity index (χ0n) is 13.0. The van der Waals surface area contributed by atoms with E-state index in [1.165, 1.54) is 22.2 Å². The van der Waals surface area contributed by atoms with Crippen LogP contribution >= 0.6 is 11.3 Å². The van der Waals surface area contributed by atoms with E-state index in [4.69, 9.17) is 0 Å². The van der Waals surface area contributed by atoms with Gasteiger partial charge in [0.15, 0.2) is 0 Å². The Bertz CT molecular complexity index is 750. The van der Waals surface area contributed by atoms with Crippen molar-refractivity contribution in [3.63, 3.8) is 0 Å². The summed E-state index contributed by atoms with van der Waals surface area (Å²) in [7, 11) is 1.95. The fraction of sp³-hybridized carbons (Fsp3) is 0.562. The highest BCUT2D eigenvalue weighted by atomic mass is 32.1. The quantitative estimate of drug-likeness (QED) is 0.939. The van der Waals surface area contributed by atoms with Gasteiger partial charge in [-0.2, -0.15) is 0 Å². The number of hydrogen-bond donors (Lipinski definition) is 1. The Labute approximate surface area is 133 Å². The van der Waals surface area contributed by atoms with Crippen LogP contribution in [0, 0.1) is 6.92 Å². The van der Waals surface area contributed by atoms with E-state index >= 15 is 0 Å². The van der Waals surface area contributed by atoms with Crippen LogP contribution in [-0.4, -0.2) is 35.5 Å². The molecule has 22 heavy (non-hydrogen) atoms. The molecule has 2 aromatic heterocycles. The lowest BCUT2D eigenvalue weighted by Gasteiger charge is -2.19. The van der Waals surface area contributed by atoms with Gasteiger partial charge < -0.3 is 10.2 Å². The number of likely N-dealkylation sites (N-methyl/N-ethyl adjacent to an activating group) is 1. The van der Waals surface area contributed by atoms with Crippen LogP contribution in [0.15, 0.2) is 0 Å². The highest BCUT2D eigenvalue weighted by Gasteiger charge is 2.26. The Balaban J connectivity index is 1.68. The minimum Gasteiger partial charge on any atom is -0.352 e. The molecular formula is C16H20N4OS. The Morgan fingerprint density at radius 2 is 2.18 bits per heavy atom. The predicted molar refractivity (Wildman–Crippen MR) is 88.6 cm³/mol. The van der Waals surface area contributed by atoms with Crippen LogP contribution in [0.5, 0.6) is 0 Å². The van der Waals surface area contributed by atoms with Gasteiger partial charge in [0.05, 0.1) is 11.9 Å². The van der Waals surface area contributed by atoms with Gasteiger partial charge in [0.1, 0.15) is 16.5 Å². The smallest absolute Gasteiger partial charge is 0.239 e. The van der Waals surface area contributed by atoms with E-state index < -0.39 is 0 Å². The van der Waals surface area contributed by atoms with E-state index in [2.05, 4.69) is 15.3 Å². The topological polar surface area (TPSA) is 58.1 Å². The van der Waals surface area contributed by atoms with Crippen molar-refractivity contribution in [3.05, 3.63) is 16.3 Å². The van der Waals surface area contributed by atoms with Crippen LogP contribution in [-0.2, 0) is 17.6 Å². The number of aryl methyl sites for hydroxylation is 3. The van der Waals surface area contributed by atoms with E-state index in [0.717, 1.165) is 42.2 Å². The molecule has 0 aliphatic heterocycles. The molecule has 2 aromatic rings. The van der Waals surface area contributed by atoms with E-state index in [1.807, 2.05) is 18.9 Å². The second-order valence-corrected chi connectivity index (χ2v) is 7.41. The predicted octanol–water partition coefficient (Wildman–Crippen LogP) is 2.20.